The Balaban J connectivity index is 1.86. The fourth-order valence-electron chi connectivity index (χ4n) is 1.57. The molecular weight excluding hydrogens is 253 g/mol. The van der Waals surface area contributed by atoms with E-state index in [9.17, 15) is 0 Å². The van der Waals surface area contributed by atoms with Gasteiger partial charge in [-0.3, -0.25) is 0 Å². The molecule has 1 aliphatic heterocycles. The van der Waals surface area contributed by atoms with E-state index in [0.717, 1.165) is 36.2 Å². The molecule has 0 bridgehead atoms. The van der Waals surface area contributed by atoms with Gasteiger partial charge in [-0.1, -0.05) is 0 Å². The molecule has 15 heavy (non-hydrogen) atoms. The summed E-state index contributed by atoms with van der Waals surface area (Å²) in [4.78, 5) is 4.50. The molecule has 1 saturated heterocycles. The molecule has 2 atom stereocenters. The molecule has 1 unspecified atom stereocenters. The topological polar surface area (TPSA) is 31.4 Å². The van der Waals surface area contributed by atoms with Gasteiger partial charge in [0.2, 0.25) is 0 Å². The van der Waals surface area contributed by atoms with Crippen molar-refractivity contribution in [2.75, 3.05) is 13.2 Å². The normalized spacial score (nSPS) is 20.7. The van der Waals surface area contributed by atoms with Crippen LogP contribution in [0.3, 0.4) is 0 Å². The summed E-state index contributed by atoms with van der Waals surface area (Å²) >= 11 is 1.68. The minimum absolute atomic E-state index is 0.265. The molecule has 2 rings (SSSR count). The predicted octanol–water partition coefficient (Wildman–Crippen LogP) is 0.520. The van der Waals surface area contributed by atoms with Crippen LogP contribution in [0, 0.1) is 0 Å². The van der Waals surface area contributed by atoms with Crippen LogP contribution in [0.2, 0.25) is 0 Å². The van der Waals surface area contributed by atoms with Gasteiger partial charge in [-0.05, 0) is 0 Å². The summed E-state index contributed by atoms with van der Waals surface area (Å²) in [6, 6.07) is 6.12. The van der Waals surface area contributed by atoms with Crippen molar-refractivity contribution in [1.29, 1.82) is 0 Å². The number of aromatic nitrogens is 1. The van der Waals surface area contributed by atoms with Crippen LogP contribution in [0.1, 0.15) is 17.8 Å². The van der Waals surface area contributed by atoms with E-state index in [0.29, 0.717) is 6.61 Å². The summed E-state index contributed by atoms with van der Waals surface area (Å²) in [5, 5.41) is 1.04. The average Bonchev–Trinajstić information content (AvgIpc) is 2.79. The molecule has 1 fully saturated rings. The van der Waals surface area contributed by atoms with E-state index in [4.69, 9.17) is 9.47 Å². The van der Waals surface area contributed by atoms with Gasteiger partial charge < -0.3 is 0 Å². The van der Waals surface area contributed by atoms with Crippen LogP contribution in [0.5, 0.6) is 0 Å². The standard InChI is InChI=1S/C11H16AsNO2/c12-6-9-2-1-3-10(13-9)7-15-11-4-5-14-8-11/h1-3,11H,4-8,12H2/t11-/m0/s1. The Labute approximate surface area is 98.7 Å². The third-order valence-corrected chi connectivity index (χ3v) is 3.31. The van der Waals surface area contributed by atoms with Crippen molar-refractivity contribution in [2.45, 2.75) is 24.3 Å². The molecule has 0 spiro atoms. The van der Waals surface area contributed by atoms with Crippen LogP contribution in [0.25, 0.3) is 0 Å². The number of pyridine rings is 1. The van der Waals surface area contributed by atoms with Crippen LogP contribution < -0.4 is 0 Å². The van der Waals surface area contributed by atoms with Crippen LogP contribution in [-0.2, 0) is 21.3 Å². The predicted molar refractivity (Wildman–Crippen MR) is 60.5 cm³/mol. The second kappa shape index (κ2) is 5.64. The van der Waals surface area contributed by atoms with E-state index < -0.39 is 0 Å². The van der Waals surface area contributed by atoms with Gasteiger partial charge in [0.25, 0.3) is 0 Å². The first-order chi connectivity index (χ1) is 7.38. The van der Waals surface area contributed by atoms with Crippen molar-refractivity contribution < 1.29 is 9.47 Å². The van der Waals surface area contributed by atoms with Crippen molar-refractivity contribution in [3.8, 4) is 0 Å². The Bertz CT molecular complexity index is 313. The summed E-state index contributed by atoms with van der Waals surface area (Å²) in [7, 11) is 0. The van der Waals surface area contributed by atoms with Crippen LogP contribution in [0.4, 0.5) is 0 Å². The average molecular weight is 269 g/mol. The van der Waals surface area contributed by atoms with Crippen molar-refractivity contribution in [2.24, 2.45) is 0 Å². The first kappa shape index (κ1) is 11.1. The molecule has 1 aliphatic rings. The number of hydrogen-bond donors (Lipinski definition) is 0. The Morgan fingerprint density at radius 2 is 2.33 bits per heavy atom. The number of hydrogen-bond acceptors (Lipinski definition) is 3. The number of ether oxygens (including phenoxy) is 2. The molecule has 1 aromatic rings. The van der Waals surface area contributed by atoms with Gasteiger partial charge in [0.1, 0.15) is 0 Å². The Morgan fingerprint density at radius 1 is 1.47 bits per heavy atom. The molecular formula is C11H16AsNO2. The zero-order valence-corrected chi connectivity index (χ0v) is 11.1. The van der Waals surface area contributed by atoms with Crippen molar-refractivity contribution in [3.05, 3.63) is 29.6 Å². The first-order valence-electron chi connectivity index (χ1n) is 5.22. The molecule has 0 radical (unpaired) electrons. The molecule has 0 aliphatic carbocycles. The minimum atomic E-state index is 0.265. The summed E-state index contributed by atoms with van der Waals surface area (Å²) in [5.41, 5.74) is 2.18. The van der Waals surface area contributed by atoms with Gasteiger partial charge in [-0.2, -0.15) is 0 Å². The van der Waals surface area contributed by atoms with Crippen molar-refractivity contribution in [1.82, 2.24) is 4.98 Å². The second-order valence-electron chi connectivity index (χ2n) is 3.62. The van der Waals surface area contributed by atoms with E-state index in [2.05, 4.69) is 11.1 Å². The third kappa shape index (κ3) is 3.30. The molecule has 0 N–H and O–H groups in total. The van der Waals surface area contributed by atoms with E-state index in [1.807, 2.05) is 12.1 Å². The van der Waals surface area contributed by atoms with Crippen LogP contribution in [-0.4, -0.2) is 41.2 Å². The quantitative estimate of drug-likeness (QED) is 0.747. The fourth-order valence-corrected chi connectivity index (χ4v) is 2.05. The summed E-state index contributed by atoms with van der Waals surface area (Å²) in [6.07, 6.45) is 1.28. The molecule has 2 heterocycles. The van der Waals surface area contributed by atoms with Gasteiger partial charge in [0.05, 0.1) is 0 Å². The Kier molecular flexibility index (Phi) is 4.18. The Hall–Kier alpha value is -0.372. The number of rotatable bonds is 4. The molecule has 1 aromatic heterocycles. The first-order valence-corrected chi connectivity index (χ1v) is 6.94. The molecule has 0 amide bonds. The van der Waals surface area contributed by atoms with Crippen molar-refractivity contribution in [3.63, 3.8) is 0 Å². The number of nitrogens with zero attached hydrogens (tertiary/aromatic N) is 1. The van der Waals surface area contributed by atoms with Gasteiger partial charge in [0.15, 0.2) is 0 Å². The maximum atomic E-state index is 5.71. The summed E-state index contributed by atoms with van der Waals surface area (Å²) < 4.78 is 11.0. The Morgan fingerprint density at radius 3 is 3.07 bits per heavy atom. The van der Waals surface area contributed by atoms with Crippen LogP contribution >= 0.6 is 0 Å². The fraction of sp³-hybridized carbons (Fsp3) is 0.545. The molecule has 4 heteroatoms. The third-order valence-electron chi connectivity index (χ3n) is 2.43. The maximum absolute atomic E-state index is 5.71. The molecule has 0 aromatic carbocycles. The van der Waals surface area contributed by atoms with Gasteiger partial charge >= 0.3 is 98.5 Å². The molecule has 0 saturated carbocycles. The van der Waals surface area contributed by atoms with E-state index in [1.54, 1.807) is 16.9 Å². The monoisotopic (exact) mass is 269 g/mol. The zero-order valence-electron chi connectivity index (χ0n) is 8.69. The van der Waals surface area contributed by atoms with Crippen molar-refractivity contribution >= 4 is 16.9 Å². The van der Waals surface area contributed by atoms with Gasteiger partial charge in [-0.15, -0.1) is 0 Å². The van der Waals surface area contributed by atoms with E-state index in [1.165, 1.54) is 0 Å². The molecule has 82 valence electrons. The zero-order chi connectivity index (χ0) is 10.5. The van der Waals surface area contributed by atoms with Crippen LogP contribution in [0.15, 0.2) is 18.2 Å². The van der Waals surface area contributed by atoms with E-state index >= 15 is 0 Å². The SMILES string of the molecule is [AsH2]Cc1cccc(CO[C@H]2CCOC2)n1. The second-order valence-corrected chi connectivity index (χ2v) is 4.48. The van der Waals surface area contributed by atoms with E-state index in [-0.39, 0.29) is 6.10 Å². The summed E-state index contributed by atoms with van der Waals surface area (Å²) in [5.74, 6) is 0. The van der Waals surface area contributed by atoms with Gasteiger partial charge in [-0.25, -0.2) is 0 Å². The molecule has 3 nitrogen and oxygen atoms in total. The van der Waals surface area contributed by atoms with Gasteiger partial charge in [0, 0.05) is 0 Å². The summed E-state index contributed by atoms with van der Waals surface area (Å²) in [6.45, 7) is 2.17.